The van der Waals surface area contributed by atoms with Gasteiger partial charge in [-0.3, -0.25) is 4.68 Å². The van der Waals surface area contributed by atoms with Crippen molar-refractivity contribution in [3.8, 4) is 17.1 Å². The fraction of sp³-hybridized carbons (Fsp3) is 0.375. The Balaban J connectivity index is 1.45. The van der Waals surface area contributed by atoms with Gasteiger partial charge in [-0.1, -0.05) is 0 Å². The van der Waals surface area contributed by atoms with Crippen LogP contribution in [0.3, 0.4) is 0 Å². The van der Waals surface area contributed by atoms with E-state index in [0.29, 0.717) is 11.4 Å². The van der Waals surface area contributed by atoms with Crippen molar-refractivity contribution in [2.75, 3.05) is 18.0 Å². The highest BCUT2D eigenvalue weighted by molar-refractivity contribution is 5.89. The van der Waals surface area contributed by atoms with Crippen LogP contribution in [0.2, 0.25) is 0 Å². The summed E-state index contributed by atoms with van der Waals surface area (Å²) in [7, 11) is 1.71. The summed E-state index contributed by atoms with van der Waals surface area (Å²) in [6.07, 6.45) is 4.53. The topological polar surface area (TPSA) is 79.1 Å². The number of halogens is 1. The van der Waals surface area contributed by atoms with E-state index in [4.69, 9.17) is 0 Å². The first-order valence-corrected chi connectivity index (χ1v) is 10.8. The van der Waals surface area contributed by atoms with E-state index in [1.165, 1.54) is 4.68 Å². The predicted molar refractivity (Wildman–Crippen MR) is 124 cm³/mol. The Labute approximate surface area is 185 Å². The van der Waals surface area contributed by atoms with Crippen LogP contribution < -0.4 is 10.2 Å². The van der Waals surface area contributed by atoms with E-state index >= 15 is 0 Å². The summed E-state index contributed by atoms with van der Waals surface area (Å²) >= 11 is 0. The molecule has 0 aliphatic carbocycles. The van der Waals surface area contributed by atoms with Crippen molar-refractivity contribution in [3.63, 3.8) is 0 Å². The Morgan fingerprint density at radius 2 is 2.00 bits per heavy atom. The fourth-order valence-corrected chi connectivity index (χ4v) is 4.48. The zero-order chi connectivity index (χ0) is 22.6. The van der Waals surface area contributed by atoms with Gasteiger partial charge in [0.1, 0.15) is 5.52 Å². The smallest absolute Gasteiger partial charge is 0.193 e. The quantitative estimate of drug-likeness (QED) is 0.508. The number of anilines is 1. The summed E-state index contributed by atoms with van der Waals surface area (Å²) < 4.78 is 16.2. The predicted octanol–water partition coefficient (Wildman–Crippen LogP) is 4.00. The molecule has 32 heavy (non-hydrogen) atoms. The third-order valence-electron chi connectivity index (χ3n) is 5.82. The Morgan fingerprint density at radius 3 is 2.78 bits per heavy atom. The second kappa shape index (κ2) is 7.41. The van der Waals surface area contributed by atoms with Crippen molar-refractivity contribution in [1.29, 1.82) is 0 Å². The van der Waals surface area contributed by atoms with Gasteiger partial charge >= 0.3 is 0 Å². The van der Waals surface area contributed by atoms with Crippen molar-refractivity contribution >= 4 is 27.5 Å². The Morgan fingerprint density at radius 1 is 1.19 bits per heavy atom. The molecule has 2 N–H and O–H groups in total. The van der Waals surface area contributed by atoms with Crippen LogP contribution in [0.1, 0.15) is 27.2 Å². The molecule has 1 aliphatic heterocycles. The van der Waals surface area contributed by atoms with E-state index in [-0.39, 0.29) is 22.4 Å². The van der Waals surface area contributed by atoms with Gasteiger partial charge in [-0.05, 0) is 51.5 Å². The Kier molecular flexibility index (Phi) is 4.78. The van der Waals surface area contributed by atoms with Gasteiger partial charge in [-0.15, -0.1) is 0 Å². The van der Waals surface area contributed by atoms with Crippen LogP contribution in [0.15, 0.2) is 36.7 Å². The van der Waals surface area contributed by atoms with Crippen LogP contribution in [0, 0.1) is 5.82 Å². The molecule has 5 rings (SSSR count). The van der Waals surface area contributed by atoms with Gasteiger partial charge in [0.05, 0.1) is 11.1 Å². The summed E-state index contributed by atoms with van der Waals surface area (Å²) in [6, 6.07) is 8.23. The first-order chi connectivity index (χ1) is 15.2. The molecule has 166 valence electrons. The lowest BCUT2D eigenvalue weighted by molar-refractivity contribution is 0.373. The third kappa shape index (κ3) is 3.75. The number of hydrogen-bond acceptors (Lipinski definition) is 6. The molecule has 4 aromatic rings. The molecule has 1 aliphatic rings. The number of nitrogens with zero attached hydrogens (tertiary/aromatic N) is 5. The molecule has 2 aromatic heterocycles. The van der Waals surface area contributed by atoms with Crippen LogP contribution >= 0.6 is 0 Å². The van der Waals surface area contributed by atoms with Gasteiger partial charge < -0.3 is 15.3 Å². The molecule has 8 heteroatoms. The van der Waals surface area contributed by atoms with Crippen LogP contribution in [0.5, 0.6) is 5.75 Å². The third-order valence-corrected chi connectivity index (χ3v) is 5.82. The summed E-state index contributed by atoms with van der Waals surface area (Å²) in [6.45, 7) is 8.53. The molecular weight excluding hydrogens is 407 g/mol. The first kappa shape index (κ1) is 20.6. The standard InChI is InChI=1S/C24H27FN6O/c1-24(2,3)28-16-7-8-31(13-16)17-5-6-19-14(9-17)11-26-23(27-19)18-10-15-12-30(4)29-21(15)20(25)22(18)32/h5-6,9-12,16,28,32H,7-8,13H2,1-4H3. The van der Waals surface area contributed by atoms with Gasteiger partial charge in [-0.2, -0.15) is 5.10 Å². The minimum Gasteiger partial charge on any atom is -0.504 e. The van der Waals surface area contributed by atoms with E-state index in [9.17, 15) is 9.50 Å². The zero-order valence-corrected chi connectivity index (χ0v) is 18.7. The molecule has 0 bridgehead atoms. The molecule has 0 amide bonds. The average molecular weight is 435 g/mol. The number of rotatable bonds is 3. The van der Waals surface area contributed by atoms with Crippen molar-refractivity contribution in [2.45, 2.75) is 38.8 Å². The molecule has 1 atom stereocenters. The summed E-state index contributed by atoms with van der Waals surface area (Å²) in [5.41, 5.74) is 2.36. The largest absolute Gasteiger partial charge is 0.504 e. The molecule has 1 fully saturated rings. The lowest BCUT2D eigenvalue weighted by Crippen LogP contribution is -2.44. The monoisotopic (exact) mass is 434 g/mol. The number of fused-ring (bicyclic) bond motifs is 2. The number of phenolic OH excluding ortho intramolecular Hbond substituents is 1. The second-order valence-electron chi connectivity index (χ2n) is 9.59. The number of aryl methyl sites for hydroxylation is 1. The number of aromatic hydroxyl groups is 1. The SMILES string of the molecule is Cn1cc2cc(-c3ncc4cc(N5CCC(NC(C)(C)C)C5)ccc4n3)c(O)c(F)c2n1. The molecule has 7 nitrogen and oxygen atoms in total. The van der Waals surface area contributed by atoms with Crippen molar-refractivity contribution in [2.24, 2.45) is 7.05 Å². The van der Waals surface area contributed by atoms with E-state index < -0.39 is 11.6 Å². The lowest BCUT2D eigenvalue weighted by atomic mass is 10.1. The number of nitrogens with one attached hydrogen (secondary N) is 1. The highest BCUT2D eigenvalue weighted by Gasteiger charge is 2.26. The Bertz CT molecular complexity index is 1330. The normalized spacial score (nSPS) is 17.0. The first-order valence-electron chi connectivity index (χ1n) is 10.8. The highest BCUT2D eigenvalue weighted by atomic mass is 19.1. The maximum absolute atomic E-state index is 14.6. The molecule has 2 aromatic carbocycles. The van der Waals surface area contributed by atoms with Gasteiger partial charge in [0.25, 0.3) is 0 Å². The van der Waals surface area contributed by atoms with E-state index in [1.54, 1.807) is 25.5 Å². The van der Waals surface area contributed by atoms with Gasteiger partial charge in [0.2, 0.25) is 0 Å². The van der Waals surface area contributed by atoms with E-state index in [1.807, 2.05) is 6.07 Å². The van der Waals surface area contributed by atoms with Crippen LogP contribution in [0.4, 0.5) is 10.1 Å². The molecule has 0 spiro atoms. The molecule has 0 saturated carbocycles. The summed E-state index contributed by atoms with van der Waals surface area (Å²) in [5.74, 6) is -0.964. The van der Waals surface area contributed by atoms with Gasteiger partial charge in [0.15, 0.2) is 17.4 Å². The number of phenols is 1. The molecule has 0 radical (unpaired) electrons. The number of aromatic nitrogens is 4. The molecule has 1 unspecified atom stereocenters. The minimum atomic E-state index is -0.760. The highest BCUT2D eigenvalue weighted by Crippen LogP contribution is 2.35. The second-order valence-corrected chi connectivity index (χ2v) is 9.59. The summed E-state index contributed by atoms with van der Waals surface area (Å²) in [5, 5.41) is 19.6. The maximum Gasteiger partial charge on any atom is 0.193 e. The van der Waals surface area contributed by atoms with E-state index in [0.717, 1.165) is 36.1 Å². The average Bonchev–Trinajstić information content (AvgIpc) is 3.34. The van der Waals surface area contributed by atoms with Crippen molar-refractivity contribution < 1.29 is 9.50 Å². The molecular formula is C24H27FN6O. The van der Waals surface area contributed by atoms with Crippen molar-refractivity contribution in [3.05, 3.63) is 42.5 Å². The van der Waals surface area contributed by atoms with Crippen LogP contribution in [-0.4, -0.2) is 49.5 Å². The van der Waals surface area contributed by atoms with Gasteiger partial charge in [0, 0.05) is 60.6 Å². The number of hydrogen-bond donors (Lipinski definition) is 2. The maximum atomic E-state index is 14.6. The molecule has 3 heterocycles. The molecule has 1 saturated heterocycles. The van der Waals surface area contributed by atoms with Gasteiger partial charge in [-0.25, -0.2) is 14.4 Å². The zero-order valence-electron chi connectivity index (χ0n) is 18.7. The fourth-order valence-electron chi connectivity index (χ4n) is 4.48. The lowest BCUT2D eigenvalue weighted by Gasteiger charge is -2.26. The van der Waals surface area contributed by atoms with Crippen molar-refractivity contribution in [1.82, 2.24) is 25.1 Å². The van der Waals surface area contributed by atoms with Crippen LogP contribution in [0.25, 0.3) is 33.2 Å². The summed E-state index contributed by atoms with van der Waals surface area (Å²) in [4.78, 5) is 11.4. The van der Waals surface area contributed by atoms with Crippen LogP contribution in [-0.2, 0) is 7.05 Å². The Hall–Kier alpha value is -3.26. The minimum absolute atomic E-state index is 0.0954. The van der Waals surface area contributed by atoms with E-state index in [2.05, 4.69) is 58.2 Å². The number of benzene rings is 2.